The van der Waals surface area contributed by atoms with Crippen LogP contribution >= 0.6 is 0 Å². The van der Waals surface area contributed by atoms with Crippen LogP contribution in [0.25, 0.3) is 0 Å². The first-order valence-electron chi connectivity index (χ1n) is 4.10. The number of carbonyl (C=O) groups excluding carboxylic acids is 2. The fraction of sp³-hybridized carbons (Fsp3) is 0.750. The van der Waals surface area contributed by atoms with Gasteiger partial charge in [0.1, 0.15) is 5.78 Å². The molecule has 68 valence electrons. The molecule has 0 saturated carbocycles. The number of ketones is 1. The van der Waals surface area contributed by atoms with Crippen molar-refractivity contribution in [2.75, 3.05) is 19.6 Å². The smallest absolute Gasteiger partial charge is 0.234 e. The molecule has 1 fully saturated rings. The fourth-order valence-corrected chi connectivity index (χ4v) is 1.28. The van der Waals surface area contributed by atoms with E-state index < -0.39 is 0 Å². The summed E-state index contributed by atoms with van der Waals surface area (Å²) in [4.78, 5) is 23.6. The van der Waals surface area contributed by atoms with Crippen LogP contribution in [0, 0.1) is 0 Å². The molecule has 0 aliphatic carbocycles. The molecule has 1 amide bonds. The van der Waals surface area contributed by atoms with Crippen LogP contribution in [-0.2, 0) is 9.59 Å². The predicted octanol–water partition coefficient (Wildman–Crippen LogP) is -0.604. The van der Waals surface area contributed by atoms with Crippen LogP contribution in [0.1, 0.15) is 13.8 Å². The van der Waals surface area contributed by atoms with Crippen LogP contribution in [-0.4, -0.2) is 42.3 Å². The molecule has 4 nitrogen and oxygen atoms in total. The second-order valence-corrected chi connectivity index (χ2v) is 3.26. The molecule has 0 radical (unpaired) electrons. The third-order valence-electron chi connectivity index (χ3n) is 1.99. The highest BCUT2D eigenvalue weighted by atomic mass is 16.2. The summed E-state index contributed by atoms with van der Waals surface area (Å²) >= 11 is 0. The first-order chi connectivity index (χ1) is 5.59. The average Bonchev–Trinajstić information content (AvgIpc) is 1.96. The minimum absolute atomic E-state index is 0.00866. The van der Waals surface area contributed by atoms with Crippen molar-refractivity contribution in [3.63, 3.8) is 0 Å². The molecule has 1 N–H and O–H groups in total. The Labute approximate surface area is 71.9 Å². The molecule has 1 heterocycles. The Bertz CT molecular complexity index is 201. The molecule has 12 heavy (non-hydrogen) atoms. The highest BCUT2D eigenvalue weighted by Crippen LogP contribution is 2.01. The monoisotopic (exact) mass is 170 g/mol. The van der Waals surface area contributed by atoms with E-state index in [1.165, 1.54) is 0 Å². The van der Waals surface area contributed by atoms with Gasteiger partial charge in [-0.3, -0.25) is 14.5 Å². The number of nitrogens with zero attached hydrogens (tertiary/aromatic N) is 1. The van der Waals surface area contributed by atoms with Crippen LogP contribution in [0.3, 0.4) is 0 Å². The van der Waals surface area contributed by atoms with Gasteiger partial charge in [-0.15, -0.1) is 0 Å². The Balaban J connectivity index is 2.49. The number of rotatable bonds is 2. The van der Waals surface area contributed by atoms with Gasteiger partial charge in [0.2, 0.25) is 5.91 Å². The summed E-state index contributed by atoms with van der Waals surface area (Å²) in [6, 6.07) is 0.270. The summed E-state index contributed by atoms with van der Waals surface area (Å²) in [6.45, 7) is 4.92. The van der Waals surface area contributed by atoms with E-state index >= 15 is 0 Å². The number of amides is 1. The highest BCUT2D eigenvalue weighted by Gasteiger charge is 2.23. The summed E-state index contributed by atoms with van der Waals surface area (Å²) in [7, 11) is 0. The van der Waals surface area contributed by atoms with Crippen molar-refractivity contribution in [1.82, 2.24) is 10.2 Å². The summed E-state index contributed by atoms with van der Waals surface area (Å²) in [5.41, 5.74) is 0. The van der Waals surface area contributed by atoms with E-state index in [4.69, 9.17) is 0 Å². The van der Waals surface area contributed by atoms with Crippen molar-refractivity contribution in [3.8, 4) is 0 Å². The normalized spacial score (nSPS) is 25.2. The number of carbonyl (C=O) groups is 2. The van der Waals surface area contributed by atoms with Crippen LogP contribution in [0.5, 0.6) is 0 Å². The van der Waals surface area contributed by atoms with Crippen molar-refractivity contribution in [2.45, 2.75) is 19.9 Å². The van der Waals surface area contributed by atoms with Gasteiger partial charge < -0.3 is 5.32 Å². The van der Waals surface area contributed by atoms with Gasteiger partial charge in [-0.2, -0.15) is 0 Å². The number of hydrogen-bond acceptors (Lipinski definition) is 3. The van der Waals surface area contributed by atoms with Crippen molar-refractivity contribution in [3.05, 3.63) is 0 Å². The van der Waals surface area contributed by atoms with Gasteiger partial charge in [0, 0.05) is 12.6 Å². The Hall–Kier alpha value is -0.900. The highest BCUT2D eigenvalue weighted by molar-refractivity contribution is 5.81. The van der Waals surface area contributed by atoms with Gasteiger partial charge in [0.05, 0.1) is 13.1 Å². The van der Waals surface area contributed by atoms with Gasteiger partial charge >= 0.3 is 0 Å². The Morgan fingerprint density at radius 3 is 3.00 bits per heavy atom. The Morgan fingerprint density at radius 2 is 2.42 bits per heavy atom. The molecular formula is C8H14N2O2. The van der Waals surface area contributed by atoms with Crippen molar-refractivity contribution >= 4 is 11.7 Å². The van der Waals surface area contributed by atoms with Crippen LogP contribution in [0.2, 0.25) is 0 Å². The minimum atomic E-state index is 0.00866. The molecule has 4 heteroatoms. The molecular weight excluding hydrogens is 156 g/mol. The lowest BCUT2D eigenvalue weighted by molar-refractivity contribution is -0.127. The summed E-state index contributed by atoms with van der Waals surface area (Å²) in [5, 5.41) is 2.74. The van der Waals surface area contributed by atoms with E-state index in [0.29, 0.717) is 19.6 Å². The van der Waals surface area contributed by atoms with Gasteiger partial charge in [0.15, 0.2) is 0 Å². The molecule has 1 aliphatic heterocycles. The largest absolute Gasteiger partial charge is 0.353 e. The fourth-order valence-electron chi connectivity index (χ4n) is 1.28. The maximum Gasteiger partial charge on any atom is 0.234 e. The molecule has 1 saturated heterocycles. The summed E-state index contributed by atoms with van der Waals surface area (Å²) < 4.78 is 0. The van der Waals surface area contributed by atoms with Crippen molar-refractivity contribution < 1.29 is 9.59 Å². The second-order valence-electron chi connectivity index (χ2n) is 3.26. The molecule has 0 aromatic rings. The minimum Gasteiger partial charge on any atom is -0.353 e. The lowest BCUT2D eigenvalue weighted by Gasteiger charge is -2.32. The maximum absolute atomic E-state index is 10.9. The average molecular weight is 170 g/mol. The SMILES string of the molecule is CC(=O)CN1CC(=O)NCC1C. The summed E-state index contributed by atoms with van der Waals surface area (Å²) in [5.74, 6) is 0.117. The second kappa shape index (κ2) is 3.67. The van der Waals surface area contributed by atoms with Crippen molar-refractivity contribution in [1.29, 1.82) is 0 Å². The van der Waals surface area contributed by atoms with Crippen LogP contribution in [0.4, 0.5) is 0 Å². The maximum atomic E-state index is 10.9. The third-order valence-corrected chi connectivity index (χ3v) is 1.99. The van der Waals surface area contributed by atoms with E-state index in [9.17, 15) is 9.59 Å². The lowest BCUT2D eigenvalue weighted by atomic mass is 10.2. The zero-order valence-electron chi connectivity index (χ0n) is 7.46. The van der Waals surface area contributed by atoms with E-state index in [2.05, 4.69) is 5.32 Å². The molecule has 1 unspecified atom stereocenters. The quantitative estimate of drug-likeness (QED) is 0.602. The number of nitrogens with one attached hydrogen (secondary N) is 1. The topological polar surface area (TPSA) is 49.4 Å². The van der Waals surface area contributed by atoms with Crippen LogP contribution < -0.4 is 5.32 Å². The molecule has 1 aliphatic rings. The molecule has 0 bridgehead atoms. The van der Waals surface area contributed by atoms with E-state index in [0.717, 1.165) is 0 Å². The Kier molecular flexibility index (Phi) is 2.81. The van der Waals surface area contributed by atoms with Gasteiger partial charge in [-0.05, 0) is 13.8 Å². The lowest BCUT2D eigenvalue weighted by Crippen LogP contribution is -2.54. The standard InChI is InChI=1S/C8H14N2O2/c1-6-3-9-8(12)5-10(6)4-7(2)11/h6H,3-5H2,1-2H3,(H,9,12). The predicted molar refractivity (Wildman–Crippen MR) is 44.7 cm³/mol. The molecule has 1 rings (SSSR count). The molecule has 0 aromatic carbocycles. The van der Waals surface area contributed by atoms with Gasteiger partial charge in [-0.25, -0.2) is 0 Å². The van der Waals surface area contributed by atoms with E-state index in [1.54, 1.807) is 6.92 Å². The zero-order chi connectivity index (χ0) is 9.14. The first kappa shape index (κ1) is 9.19. The molecule has 0 spiro atoms. The number of hydrogen-bond donors (Lipinski definition) is 1. The van der Waals surface area contributed by atoms with E-state index in [1.807, 2.05) is 11.8 Å². The Morgan fingerprint density at radius 1 is 1.75 bits per heavy atom. The third kappa shape index (κ3) is 2.30. The zero-order valence-corrected chi connectivity index (χ0v) is 7.46. The van der Waals surface area contributed by atoms with E-state index in [-0.39, 0.29) is 17.7 Å². The molecule has 1 atom stereocenters. The number of piperazine rings is 1. The first-order valence-corrected chi connectivity index (χ1v) is 4.10. The van der Waals surface area contributed by atoms with Gasteiger partial charge in [0.25, 0.3) is 0 Å². The van der Waals surface area contributed by atoms with Crippen LogP contribution in [0.15, 0.2) is 0 Å². The van der Waals surface area contributed by atoms with Gasteiger partial charge in [-0.1, -0.05) is 0 Å². The molecule has 0 aromatic heterocycles. The van der Waals surface area contributed by atoms with Crippen molar-refractivity contribution in [2.24, 2.45) is 0 Å². The summed E-state index contributed by atoms with van der Waals surface area (Å²) in [6.07, 6.45) is 0. The number of Topliss-reactive ketones (excluding diaryl/α,β-unsaturated/α-hetero) is 1.